The monoisotopic (exact) mass is 312 g/mol. The van der Waals surface area contributed by atoms with Crippen LogP contribution in [0.25, 0.3) is 0 Å². The Kier molecular flexibility index (Phi) is 5.31. The summed E-state index contributed by atoms with van der Waals surface area (Å²) in [7, 11) is 0. The number of urea groups is 1. The van der Waals surface area contributed by atoms with Crippen molar-refractivity contribution in [3.05, 3.63) is 23.2 Å². The van der Waals surface area contributed by atoms with Crippen LogP contribution in [0, 0.1) is 0 Å². The van der Waals surface area contributed by atoms with Crippen LogP contribution in [0.15, 0.2) is 18.2 Å². The van der Waals surface area contributed by atoms with Gasteiger partial charge < -0.3 is 20.5 Å². The largest absolute Gasteiger partial charge is 0.490 e. The molecule has 0 bridgehead atoms. The quantitative estimate of drug-likeness (QED) is 0.782. The molecule has 116 valence electrons. The summed E-state index contributed by atoms with van der Waals surface area (Å²) in [6.07, 6.45) is 3.47. The van der Waals surface area contributed by atoms with Gasteiger partial charge in [-0.05, 0) is 31.9 Å². The van der Waals surface area contributed by atoms with Gasteiger partial charge in [0.1, 0.15) is 0 Å². The van der Waals surface area contributed by atoms with E-state index in [9.17, 15) is 9.90 Å². The van der Waals surface area contributed by atoms with Crippen LogP contribution in [0.4, 0.5) is 10.5 Å². The smallest absolute Gasteiger partial charge is 0.319 e. The van der Waals surface area contributed by atoms with E-state index in [2.05, 4.69) is 10.6 Å². The van der Waals surface area contributed by atoms with Crippen LogP contribution in [0.1, 0.15) is 32.6 Å². The number of hydrogen-bond acceptors (Lipinski definition) is 3. The van der Waals surface area contributed by atoms with Crippen molar-refractivity contribution in [1.82, 2.24) is 5.32 Å². The topological polar surface area (TPSA) is 70.6 Å². The summed E-state index contributed by atoms with van der Waals surface area (Å²) in [6.45, 7) is 2.56. The number of para-hydroxylation sites is 1. The van der Waals surface area contributed by atoms with Gasteiger partial charge in [0.2, 0.25) is 0 Å². The van der Waals surface area contributed by atoms with Crippen LogP contribution >= 0.6 is 11.6 Å². The Balaban J connectivity index is 1.94. The molecule has 0 atom stereocenters. The predicted molar refractivity (Wildman–Crippen MR) is 83.1 cm³/mol. The van der Waals surface area contributed by atoms with Crippen molar-refractivity contribution in [2.24, 2.45) is 0 Å². The van der Waals surface area contributed by atoms with Gasteiger partial charge in [0.15, 0.2) is 5.75 Å². The number of halogens is 1. The Morgan fingerprint density at radius 2 is 2.14 bits per heavy atom. The van der Waals surface area contributed by atoms with Crippen molar-refractivity contribution in [3.63, 3.8) is 0 Å². The van der Waals surface area contributed by atoms with Gasteiger partial charge in [-0.2, -0.15) is 0 Å². The molecule has 21 heavy (non-hydrogen) atoms. The minimum atomic E-state index is -0.769. The molecular formula is C15H21ClN2O3. The van der Waals surface area contributed by atoms with Crippen molar-refractivity contribution in [3.8, 4) is 5.75 Å². The lowest BCUT2D eigenvalue weighted by Crippen LogP contribution is -2.42. The zero-order valence-corrected chi connectivity index (χ0v) is 12.9. The average Bonchev–Trinajstić information content (AvgIpc) is 2.88. The molecule has 0 saturated heterocycles. The highest BCUT2D eigenvalue weighted by Gasteiger charge is 2.31. The van der Waals surface area contributed by atoms with E-state index < -0.39 is 5.60 Å². The summed E-state index contributed by atoms with van der Waals surface area (Å²) in [5.41, 5.74) is -0.255. The summed E-state index contributed by atoms with van der Waals surface area (Å²) in [6, 6.07) is 4.79. The maximum Gasteiger partial charge on any atom is 0.319 e. The Bertz CT molecular complexity index is 502. The van der Waals surface area contributed by atoms with Crippen LogP contribution in [-0.2, 0) is 0 Å². The number of carbonyl (C=O) groups is 1. The summed E-state index contributed by atoms with van der Waals surface area (Å²) in [5.74, 6) is 0.455. The van der Waals surface area contributed by atoms with Gasteiger partial charge >= 0.3 is 6.03 Å². The van der Waals surface area contributed by atoms with Gasteiger partial charge in [-0.1, -0.05) is 30.5 Å². The van der Waals surface area contributed by atoms with Crippen molar-refractivity contribution < 1.29 is 14.6 Å². The lowest BCUT2D eigenvalue weighted by Gasteiger charge is -2.22. The molecule has 3 N–H and O–H groups in total. The molecule has 1 aliphatic carbocycles. The molecule has 1 aromatic carbocycles. The van der Waals surface area contributed by atoms with Gasteiger partial charge in [-0.3, -0.25) is 0 Å². The van der Waals surface area contributed by atoms with Crippen molar-refractivity contribution in [1.29, 1.82) is 0 Å². The normalized spacial score (nSPS) is 16.5. The third kappa shape index (κ3) is 4.25. The molecule has 5 nitrogen and oxygen atoms in total. The lowest BCUT2D eigenvalue weighted by molar-refractivity contribution is 0.0506. The van der Waals surface area contributed by atoms with Crippen LogP contribution in [0.5, 0.6) is 5.75 Å². The second-order valence-corrected chi connectivity index (χ2v) is 5.70. The van der Waals surface area contributed by atoms with Crippen molar-refractivity contribution in [2.75, 3.05) is 18.5 Å². The number of hydrogen-bond donors (Lipinski definition) is 3. The third-order valence-electron chi connectivity index (χ3n) is 3.62. The third-order valence-corrected chi connectivity index (χ3v) is 3.91. The number of amides is 2. The van der Waals surface area contributed by atoms with E-state index in [0.717, 1.165) is 25.7 Å². The second-order valence-electron chi connectivity index (χ2n) is 5.29. The number of carbonyl (C=O) groups excluding carboxylic acids is 1. The fourth-order valence-corrected chi connectivity index (χ4v) is 2.75. The molecule has 1 saturated carbocycles. The molecule has 6 heteroatoms. The minimum absolute atomic E-state index is 0.253. The fraction of sp³-hybridized carbons (Fsp3) is 0.533. The first-order chi connectivity index (χ1) is 10.0. The molecule has 1 fully saturated rings. The Labute approximate surface area is 129 Å². The predicted octanol–water partition coefficient (Wildman–Crippen LogP) is 3.17. The zero-order chi connectivity index (χ0) is 15.3. The summed E-state index contributed by atoms with van der Waals surface area (Å²) in [4.78, 5) is 11.9. The van der Waals surface area contributed by atoms with Crippen LogP contribution in [0.3, 0.4) is 0 Å². The van der Waals surface area contributed by atoms with E-state index in [1.54, 1.807) is 18.2 Å². The van der Waals surface area contributed by atoms with Gasteiger partial charge in [0.05, 0.1) is 22.9 Å². The number of benzene rings is 1. The van der Waals surface area contributed by atoms with E-state index in [1.165, 1.54) is 0 Å². The van der Waals surface area contributed by atoms with Crippen LogP contribution < -0.4 is 15.4 Å². The van der Waals surface area contributed by atoms with Gasteiger partial charge in [-0.15, -0.1) is 0 Å². The number of rotatable bonds is 5. The molecule has 2 amide bonds. The van der Waals surface area contributed by atoms with Gasteiger partial charge in [-0.25, -0.2) is 4.79 Å². The zero-order valence-electron chi connectivity index (χ0n) is 12.1. The van der Waals surface area contributed by atoms with E-state index >= 15 is 0 Å². The maximum atomic E-state index is 11.9. The van der Waals surface area contributed by atoms with Crippen molar-refractivity contribution in [2.45, 2.75) is 38.2 Å². The summed E-state index contributed by atoms with van der Waals surface area (Å²) in [5, 5.41) is 16.1. The molecule has 0 radical (unpaired) electrons. The number of nitrogens with one attached hydrogen (secondary N) is 2. The van der Waals surface area contributed by atoms with Gasteiger partial charge in [0.25, 0.3) is 0 Å². The minimum Gasteiger partial charge on any atom is -0.490 e. The average molecular weight is 313 g/mol. The lowest BCUT2D eigenvalue weighted by atomic mass is 10.0. The van der Waals surface area contributed by atoms with Gasteiger partial charge in [0, 0.05) is 6.54 Å². The standard InChI is InChI=1S/C15H21ClN2O3/c1-2-21-13-11(16)6-5-7-12(13)18-14(19)17-10-15(20)8-3-4-9-15/h5-7,20H,2-4,8-10H2,1H3,(H2,17,18,19). The number of aliphatic hydroxyl groups is 1. The fourth-order valence-electron chi connectivity index (χ4n) is 2.52. The molecule has 0 spiro atoms. The highest BCUT2D eigenvalue weighted by molar-refractivity contribution is 6.32. The van der Waals surface area contributed by atoms with Crippen LogP contribution in [-0.4, -0.2) is 29.9 Å². The maximum absolute atomic E-state index is 11.9. The van der Waals surface area contributed by atoms with Crippen LogP contribution in [0.2, 0.25) is 5.02 Å². The second kappa shape index (κ2) is 7.00. The first-order valence-corrected chi connectivity index (χ1v) is 7.60. The van der Waals surface area contributed by atoms with E-state index in [4.69, 9.17) is 16.3 Å². The van der Waals surface area contributed by atoms with E-state index in [0.29, 0.717) is 23.1 Å². The Morgan fingerprint density at radius 3 is 2.81 bits per heavy atom. The highest BCUT2D eigenvalue weighted by atomic mass is 35.5. The molecule has 0 unspecified atom stereocenters. The highest BCUT2D eigenvalue weighted by Crippen LogP contribution is 2.33. The van der Waals surface area contributed by atoms with Crippen molar-refractivity contribution >= 4 is 23.3 Å². The molecule has 0 heterocycles. The molecule has 2 rings (SSSR count). The Hall–Kier alpha value is -1.46. The first-order valence-electron chi connectivity index (χ1n) is 7.22. The summed E-state index contributed by atoms with van der Waals surface area (Å²) < 4.78 is 5.44. The molecule has 0 aliphatic heterocycles. The SMILES string of the molecule is CCOc1c(Cl)cccc1NC(=O)NCC1(O)CCCC1. The molecular weight excluding hydrogens is 292 g/mol. The summed E-state index contributed by atoms with van der Waals surface area (Å²) >= 11 is 6.06. The molecule has 0 aromatic heterocycles. The number of ether oxygens (including phenoxy) is 1. The number of anilines is 1. The Morgan fingerprint density at radius 1 is 1.43 bits per heavy atom. The first kappa shape index (κ1) is 15.9. The molecule has 1 aromatic rings. The van der Waals surface area contributed by atoms with E-state index in [1.807, 2.05) is 6.92 Å². The van der Waals surface area contributed by atoms with E-state index in [-0.39, 0.29) is 12.6 Å². The molecule has 1 aliphatic rings.